The van der Waals surface area contributed by atoms with Crippen LogP contribution in [0.2, 0.25) is 0 Å². The van der Waals surface area contributed by atoms with Crippen LogP contribution >= 0.6 is 0 Å². The molecule has 0 unspecified atom stereocenters. The number of nitrogens with one attached hydrogen (secondary N) is 2. The van der Waals surface area contributed by atoms with Gasteiger partial charge in [0.05, 0.1) is 6.61 Å². The summed E-state index contributed by atoms with van der Waals surface area (Å²) in [5.74, 6) is -2.72. The highest BCUT2D eigenvalue weighted by Gasteiger charge is 2.29. The average molecular weight is 332 g/mol. The zero-order valence-electron chi connectivity index (χ0n) is 13.6. The van der Waals surface area contributed by atoms with Crippen molar-refractivity contribution in [3.05, 3.63) is 0 Å². The van der Waals surface area contributed by atoms with Gasteiger partial charge in [0.1, 0.15) is 18.1 Å². The van der Waals surface area contributed by atoms with Gasteiger partial charge in [0.15, 0.2) is 0 Å². The summed E-state index contributed by atoms with van der Waals surface area (Å²) in [7, 11) is 0. The van der Waals surface area contributed by atoms with E-state index in [1.165, 1.54) is 0 Å². The molecule has 0 heterocycles. The standard InChI is InChI=1S/C14H28N4O5/c1-8(2)11(14(22)23)18-13(21)10(5-3-4-6-15)17-12(20)9(16)7-19/h8-11,19H,3-7,15-16H2,1-2H3,(H,17,20)(H,18,21)(H,22,23)/t9-,10-,11-/m0/s1. The summed E-state index contributed by atoms with van der Waals surface area (Å²) in [4.78, 5) is 35.2. The van der Waals surface area contributed by atoms with Gasteiger partial charge in [0.2, 0.25) is 11.8 Å². The van der Waals surface area contributed by atoms with E-state index in [2.05, 4.69) is 10.6 Å². The van der Waals surface area contributed by atoms with E-state index in [0.29, 0.717) is 25.8 Å². The summed E-state index contributed by atoms with van der Waals surface area (Å²) in [6.07, 6.45) is 1.55. The first kappa shape index (κ1) is 21.3. The fourth-order valence-corrected chi connectivity index (χ4v) is 1.89. The van der Waals surface area contributed by atoms with Crippen molar-refractivity contribution in [3.8, 4) is 0 Å². The Kier molecular flexibility index (Phi) is 10.1. The lowest BCUT2D eigenvalue weighted by molar-refractivity contribution is -0.143. The number of aliphatic hydroxyl groups is 1. The second-order valence-corrected chi connectivity index (χ2v) is 5.70. The molecule has 0 aromatic heterocycles. The van der Waals surface area contributed by atoms with Gasteiger partial charge in [-0.25, -0.2) is 4.79 Å². The molecule has 0 aromatic carbocycles. The Morgan fingerprint density at radius 1 is 1.09 bits per heavy atom. The number of carboxylic acid groups (broad SMARTS) is 1. The van der Waals surface area contributed by atoms with Crippen LogP contribution in [0.15, 0.2) is 0 Å². The number of aliphatic hydroxyl groups excluding tert-OH is 1. The molecule has 134 valence electrons. The van der Waals surface area contributed by atoms with Crippen LogP contribution in [0.3, 0.4) is 0 Å². The molecular formula is C14H28N4O5. The van der Waals surface area contributed by atoms with E-state index in [1.807, 2.05) is 0 Å². The van der Waals surface area contributed by atoms with E-state index in [9.17, 15) is 14.4 Å². The number of hydrogen-bond acceptors (Lipinski definition) is 6. The van der Waals surface area contributed by atoms with Crippen molar-refractivity contribution in [2.75, 3.05) is 13.2 Å². The number of carbonyl (C=O) groups is 3. The second kappa shape index (κ2) is 10.9. The third kappa shape index (κ3) is 7.91. The predicted molar refractivity (Wildman–Crippen MR) is 84.3 cm³/mol. The molecule has 23 heavy (non-hydrogen) atoms. The molecule has 0 aliphatic carbocycles. The third-order valence-corrected chi connectivity index (χ3v) is 3.34. The van der Waals surface area contributed by atoms with E-state index in [1.54, 1.807) is 13.8 Å². The highest BCUT2D eigenvalue weighted by Crippen LogP contribution is 2.06. The van der Waals surface area contributed by atoms with Gasteiger partial charge >= 0.3 is 5.97 Å². The first-order chi connectivity index (χ1) is 10.7. The van der Waals surface area contributed by atoms with Crippen molar-refractivity contribution in [2.45, 2.75) is 51.2 Å². The molecule has 0 rings (SSSR count). The van der Waals surface area contributed by atoms with Crippen LogP contribution in [0.5, 0.6) is 0 Å². The lowest BCUT2D eigenvalue weighted by Gasteiger charge is -2.24. The summed E-state index contributed by atoms with van der Waals surface area (Å²) in [6.45, 7) is 3.24. The predicted octanol–water partition coefficient (Wildman–Crippen LogP) is -1.85. The minimum Gasteiger partial charge on any atom is -0.480 e. The molecule has 0 fully saturated rings. The summed E-state index contributed by atoms with van der Waals surface area (Å²) < 4.78 is 0. The molecule has 0 radical (unpaired) electrons. The summed E-state index contributed by atoms with van der Waals surface area (Å²) in [6, 6.07) is -3.12. The molecule has 0 saturated carbocycles. The fourth-order valence-electron chi connectivity index (χ4n) is 1.89. The van der Waals surface area contributed by atoms with E-state index in [0.717, 1.165) is 0 Å². The molecule has 0 bridgehead atoms. The van der Waals surface area contributed by atoms with Gasteiger partial charge in [-0.1, -0.05) is 13.8 Å². The molecule has 0 saturated heterocycles. The lowest BCUT2D eigenvalue weighted by atomic mass is 10.0. The Morgan fingerprint density at radius 3 is 2.13 bits per heavy atom. The van der Waals surface area contributed by atoms with Gasteiger partial charge in [-0.3, -0.25) is 9.59 Å². The maximum atomic E-state index is 12.3. The van der Waals surface area contributed by atoms with E-state index >= 15 is 0 Å². The summed E-state index contributed by atoms with van der Waals surface area (Å²) in [5, 5.41) is 22.9. The number of hydrogen-bond donors (Lipinski definition) is 6. The first-order valence-corrected chi connectivity index (χ1v) is 7.64. The van der Waals surface area contributed by atoms with Crippen LogP contribution in [0.25, 0.3) is 0 Å². The Bertz CT molecular complexity index is 403. The number of nitrogens with two attached hydrogens (primary N) is 2. The van der Waals surface area contributed by atoms with E-state index in [-0.39, 0.29) is 5.92 Å². The zero-order chi connectivity index (χ0) is 18.0. The minimum atomic E-state index is -1.15. The maximum absolute atomic E-state index is 12.3. The van der Waals surface area contributed by atoms with Crippen LogP contribution in [-0.2, 0) is 14.4 Å². The highest BCUT2D eigenvalue weighted by atomic mass is 16.4. The summed E-state index contributed by atoms with van der Waals surface area (Å²) in [5.41, 5.74) is 10.8. The van der Waals surface area contributed by atoms with Crippen LogP contribution in [-0.4, -0.2) is 59.3 Å². The van der Waals surface area contributed by atoms with Gasteiger partial charge in [-0.15, -0.1) is 0 Å². The van der Waals surface area contributed by atoms with E-state index < -0.39 is 42.5 Å². The molecule has 0 aliphatic rings. The number of aliphatic carboxylic acids is 1. The van der Waals surface area contributed by atoms with Crippen LogP contribution < -0.4 is 22.1 Å². The third-order valence-electron chi connectivity index (χ3n) is 3.34. The molecule has 0 spiro atoms. The Hall–Kier alpha value is -1.71. The van der Waals surface area contributed by atoms with Crippen molar-refractivity contribution < 1.29 is 24.6 Å². The van der Waals surface area contributed by atoms with Crippen molar-refractivity contribution in [3.63, 3.8) is 0 Å². The van der Waals surface area contributed by atoms with Gasteiger partial charge in [0, 0.05) is 0 Å². The van der Waals surface area contributed by atoms with Crippen LogP contribution in [0.1, 0.15) is 33.1 Å². The van der Waals surface area contributed by atoms with Gasteiger partial charge in [0.25, 0.3) is 0 Å². The number of carbonyl (C=O) groups excluding carboxylic acids is 2. The molecule has 3 atom stereocenters. The van der Waals surface area contributed by atoms with Crippen LogP contribution in [0, 0.1) is 5.92 Å². The quantitative estimate of drug-likeness (QED) is 0.241. The Labute approximate surface area is 135 Å². The zero-order valence-corrected chi connectivity index (χ0v) is 13.6. The molecule has 2 amide bonds. The van der Waals surface area contributed by atoms with Crippen molar-refractivity contribution in [1.82, 2.24) is 10.6 Å². The molecule has 0 aromatic rings. The Balaban J connectivity index is 4.91. The topological polar surface area (TPSA) is 168 Å². The molecule has 9 nitrogen and oxygen atoms in total. The smallest absolute Gasteiger partial charge is 0.326 e. The van der Waals surface area contributed by atoms with Crippen molar-refractivity contribution >= 4 is 17.8 Å². The molecule has 9 heteroatoms. The second-order valence-electron chi connectivity index (χ2n) is 5.70. The van der Waals surface area contributed by atoms with E-state index in [4.69, 9.17) is 21.7 Å². The number of amides is 2. The molecule has 0 aliphatic heterocycles. The van der Waals surface area contributed by atoms with Crippen LogP contribution in [0.4, 0.5) is 0 Å². The number of carboxylic acids is 1. The van der Waals surface area contributed by atoms with Gasteiger partial charge < -0.3 is 32.3 Å². The monoisotopic (exact) mass is 332 g/mol. The van der Waals surface area contributed by atoms with Crippen molar-refractivity contribution in [1.29, 1.82) is 0 Å². The molecular weight excluding hydrogens is 304 g/mol. The Morgan fingerprint density at radius 2 is 1.70 bits per heavy atom. The summed E-state index contributed by atoms with van der Waals surface area (Å²) >= 11 is 0. The maximum Gasteiger partial charge on any atom is 0.326 e. The molecule has 8 N–H and O–H groups in total. The normalized spacial score (nSPS) is 14.9. The average Bonchev–Trinajstić information content (AvgIpc) is 2.49. The largest absolute Gasteiger partial charge is 0.480 e. The van der Waals surface area contributed by atoms with Gasteiger partial charge in [-0.05, 0) is 31.7 Å². The van der Waals surface area contributed by atoms with Gasteiger partial charge in [-0.2, -0.15) is 0 Å². The highest BCUT2D eigenvalue weighted by molar-refractivity contribution is 5.91. The van der Waals surface area contributed by atoms with Crippen molar-refractivity contribution in [2.24, 2.45) is 17.4 Å². The first-order valence-electron chi connectivity index (χ1n) is 7.64. The minimum absolute atomic E-state index is 0.303. The fraction of sp³-hybridized carbons (Fsp3) is 0.786. The SMILES string of the molecule is CC(C)[C@H](NC(=O)[C@H](CCCCN)NC(=O)[C@@H](N)CO)C(=O)O. The lowest BCUT2D eigenvalue weighted by Crippen LogP contribution is -2.55. The number of unbranched alkanes of at least 4 members (excludes halogenated alkanes) is 1. The number of rotatable bonds is 11.